The summed E-state index contributed by atoms with van der Waals surface area (Å²) in [5.41, 5.74) is 3.49. The molecule has 0 aliphatic carbocycles. The molecule has 0 heterocycles. The van der Waals surface area contributed by atoms with Gasteiger partial charge in [-0.25, -0.2) is 14.2 Å². The normalized spacial score (nSPS) is 12.5. The molecule has 0 saturated carbocycles. The summed E-state index contributed by atoms with van der Waals surface area (Å²) in [6, 6.07) is 7.91. The van der Waals surface area contributed by atoms with Crippen LogP contribution in [0.1, 0.15) is 17.2 Å². The van der Waals surface area contributed by atoms with Crippen molar-refractivity contribution in [1.29, 1.82) is 0 Å². The van der Waals surface area contributed by atoms with Gasteiger partial charge in [-0.15, -0.1) is 0 Å². The number of nitrogens with one attached hydrogen (secondary N) is 1. The van der Waals surface area contributed by atoms with Crippen LogP contribution in [0.3, 0.4) is 0 Å². The molecule has 0 aliphatic heterocycles. The van der Waals surface area contributed by atoms with Gasteiger partial charge in [0.1, 0.15) is 11.6 Å². The van der Waals surface area contributed by atoms with Crippen molar-refractivity contribution in [2.75, 3.05) is 0 Å². The van der Waals surface area contributed by atoms with E-state index >= 15 is 0 Å². The molecule has 1 atom stereocenters. The van der Waals surface area contributed by atoms with E-state index in [2.05, 4.69) is 21.4 Å². The zero-order chi connectivity index (χ0) is 14.0. The topological polar surface area (TPSA) is 38.0 Å². The SMILES string of the molecule is NNC(c1ccc(Cl)c(Br)c1)c1ccc(F)cc1F. The van der Waals surface area contributed by atoms with Gasteiger partial charge in [-0.05, 0) is 39.7 Å². The molecule has 0 radical (unpaired) electrons. The van der Waals surface area contributed by atoms with Crippen LogP contribution in [-0.4, -0.2) is 0 Å². The van der Waals surface area contributed by atoms with Crippen molar-refractivity contribution < 1.29 is 8.78 Å². The van der Waals surface area contributed by atoms with E-state index in [1.54, 1.807) is 18.2 Å². The van der Waals surface area contributed by atoms with Crippen LogP contribution >= 0.6 is 27.5 Å². The first-order chi connectivity index (χ1) is 9.02. The fourth-order valence-corrected chi connectivity index (χ4v) is 2.31. The van der Waals surface area contributed by atoms with Gasteiger partial charge in [-0.1, -0.05) is 23.7 Å². The third kappa shape index (κ3) is 3.12. The molecule has 0 fully saturated rings. The van der Waals surface area contributed by atoms with Gasteiger partial charge < -0.3 is 0 Å². The molecule has 0 saturated heterocycles. The lowest BCUT2D eigenvalue weighted by atomic mass is 9.99. The third-order valence-electron chi connectivity index (χ3n) is 2.72. The summed E-state index contributed by atoms with van der Waals surface area (Å²) in [7, 11) is 0. The maximum Gasteiger partial charge on any atom is 0.131 e. The first kappa shape index (κ1) is 14.4. The zero-order valence-electron chi connectivity index (χ0n) is 9.63. The third-order valence-corrected chi connectivity index (χ3v) is 3.93. The summed E-state index contributed by atoms with van der Waals surface area (Å²) in [6.45, 7) is 0. The Morgan fingerprint density at radius 2 is 1.89 bits per heavy atom. The van der Waals surface area contributed by atoms with E-state index in [9.17, 15) is 8.78 Å². The van der Waals surface area contributed by atoms with Crippen molar-refractivity contribution in [2.24, 2.45) is 5.84 Å². The predicted molar refractivity (Wildman–Crippen MR) is 74.7 cm³/mol. The number of benzene rings is 2. The Balaban J connectivity index is 2.46. The van der Waals surface area contributed by atoms with Crippen LogP contribution in [0.4, 0.5) is 8.78 Å². The smallest absolute Gasteiger partial charge is 0.131 e. The minimum atomic E-state index is -0.658. The van der Waals surface area contributed by atoms with Gasteiger partial charge in [-0.2, -0.15) is 0 Å². The Hall–Kier alpha value is -1.01. The lowest BCUT2D eigenvalue weighted by molar-refractivity contribution is 0.541. The quantitative estimate of drug-likeness (QED) is 0.652. The van der Waals surface area contributed by atoms with Crippen LogP contribution in [-0.2, 0) is 0 Å². The van der Waals surface area contributed by atoms with Crippen LogP contribution in [0.15, 0.2) is 40.9 Å². The van der Waals surface area contributed by atoms with Crippen LogP contribution in [0, 0.1) is 11.6 Å². The van der Waals surface area contributed by atoms with Gasteiger partial charge in [0.05, 0.1) is 11.1 Å². The minimum absolute atomic E-state index is 0.262. The van der Waals surface area contributed by atoms with E-state index in [1.807, 2.05) is 0 Å². The lowest BCUT2D eigenvalue weighted by Gasteiger charge is -2.18. The molecule has 0 spiro atoms. The average molecular weight is 348 g/mol. The molecule has 0 aromatic heterocycles. The average Bonchev–Trinajstić information content (AvgIpc) is 2.37. The van der Waals surface area contributed by atoms with Crippen molar-refractivity contribution in [3.05, 3.63) is 68.7 Å². The van der Waals surface area contributed by atoms with E-state index in [4.69, 9.17) is 17.4 Å². The number of hydrogen-bond acceptors (Lipinski definition) is 2. The summed E-state index contributed by atoms with van der Waals surface area (Å²) in [5, 5.41) is 0.541. The molecule has 0 amide bonds. The number of halogens is 4. The minimum Gasteiger partial charge on any atom is -0.271 e. The van der Waals surface area contributed by atoms with Gasteiger partial charge in [0.15, 0.2) is 0 Å². The molecule has 19 heavy (non-hydrogen) atoms. The van der Waals surface area contributed by atoms with Crippen LogP contribution in [0.2, 0.25) is 5.02 Å². The second kappa shape index (κ2) is 5.96. The van der Waals surface area contributed by atoms with E-state index < -0.39 is 17.7 Å². The van der Waals surface area contributed by atoms with E-state index in [0.717, 1.165) is 6.07 Å². The molecule has 1 unspecified atom stereocenters. The van der Waals surface area contributed by atoms with Crippen molar-refractivity contribution >= 4 is 27.5 Å². The molecular weight excluding hydrogens is 338 g/mol. The standard InChI is InChI=1S/C13H10BrClF2N2/c14-10-5-7(1-4-11(10)15)13(19-18)9-3-2-8(16)6-12(9)17/h1-6,13,19H,18H2. The predicted octanol–water partition coefficient (Wildman–Crippen LogP) is 3.93. The number of hydrazine groups is 1. The van der Waals surface area contributed by atoms with Crippen molar-refractivity contribution in [3.8, 4) is 0 Å². The largest absolute Gasteiger partial charge is 0.271 e. The molecule has 0 aliphatic rings. The van der Waals surface area contributed by atoms with Crippen LogP contribution < -0.4 is 11.3 Å². The molecular formula is C13H10BrClF2N2. The summed E-state index contributed by atoms with van der Waals surface area (Å²) in [5.74, 6) is 4.18. The highest BCUT2D eigenvalue weighted by Gasteiger charge is 2.17. The molecule has 3 N–H and O–H groups in total. The van der Waals surface area contributed by atoms with Gasteiger partial charge in [0, 0.05) is 16.1 Å². The maximum absolute atomic E-state index is 13.8. The fourth-order valence-electron chi connectivity index (χ4n) is 1.79. The van der Waals surface area contributed by atoms with Crippen LogP contribution in [0.5, 0.6) is 0 Å². The van der Waals surface area contributed by atoms with Gasteiger partial charge in [0.25, 0.3) is 0 Å². The van der Waals surface area contributed by atoms with Crippen molar-refractivity contribution in [2.45, 2.75) is 6.04 Å². The molecule has 100 valence electrons. The Morgan fingerprint density at radius 3 is 2.47 bits per heavy atom. The number of nitrogens with two attached hydrogens (primary N) is 1. The highest BCUT2D eigenvalue weighted by Crippen LogP contribution is 2.30. The molecule has 6 heteroatoms. The van der Waals surface area contributed by atoms with Gasteiger partial charge in [-0.3, -0.25) is 5.84 Å². The fraction of sp³-hybridized carbons (Fsp3) is 0.0769. The summed E-state index contributed by atoms with van der Waals surface area (Å²) >= 11 is 9.20. The molecule has 0 bridgehead atoms. The highest BCUT2D eigenvalue weighted by molar-refractivity contribution is 9.10. The molecule has 2 nitrogen and oxygen atoms in total. The Bertz CT molecular complexity index is 607. The number of hydrogen-bond donors (Lipinski definition) is 2. The maximum atomic E-state index is 13.8. The Labute approximate surface area is 122 Å². The molecule has 2 aromatic carbocycles. The molecule has 2 aromatic rings. The summed E-state index contributed by atoms with van der Waals surface area (Å²) in [4.78, 5) is 0. The van der Waals surface area contributed by atoms with E-state index in [-0.39, 0.29) is 5.56 Å². The molecule has 2 rings (SSSR count). The second-order valence-corrected chi connectivity index (χ2v) is 5.20. The van der Waals surface area contributed by atoms with E-state index in [1.165, 1.54) is 12.1 Å². The lowest BCUT2D eigenvalue weighted by Crippen LogP contribution is -2.29. The van der Waals surface area contributed by atoms with Crippen molar-refractivity contribution in [1.82, 2.24) is 5.43 Å². The Morgan fingerprint density at radius 1 is 1.16 bits per heavy atom. The van der Waals surface area contributed by atoms with Crippen LogP contribution in [0.25, 0.3) is 0 Å². The highest BCUT2D eigenvalue weighted by atomic mass is 79.9. The Kier molecular flexibility index (Phi) is 4.52. The summed E-state index contributed by atoms with van der Waals surface area (Å²) in [6.07, 6.45) is 0. The van der Waals surface area contributed by atoms with Gasteiger partial charge in [0.2, 0.25) is 0 Å². The summed E-state index contributed by atoms with van der Waals surface area (Å²) < 4.78 is 27.4. The first-order valence-electron chi connectivity index (χ1n) is 5.39. The van der Waals surface area contributed by atoms with Gasteiger partial charge >= 0.3 is 0 Å². The van der Waals surface area contributed by atoms with Crippen molar-refractivity contribution in [3.63, 3.8) is 0 Å². The first-order valence-corrected chi connectivity index (χ1v) is 6.56. The monoisotopic (exact) mass is 346 g/mol. The number of rotatable bonds is 3. The second-order valence-electron chi connectivity index (χ2n) is 3.94. The van der Waals surface area contributed by atoms with E-state index in [0.29, 0.717) is 15.1 Å². The zero-order valence-corrected chi connectivity index (χ0v) is 12.0.